The van der Waals surface area contributed by atoms with Gasteiger partial charge in [-0.2, -0.15) is 6.42 Å². The Hall–Kier alpha value is 1.01. The van der Waals surface area contributed by atoms with E-state index in [9.17, 15) is 0 Å². The summed E-state index contributed by atoms with van der Waals surface area (Å²) in [6.45, 7) is 6.24. The average Bonchev–Trinajstić information content (AvgIpc) is 2.04. The molecule has 13 heavy (non-hydrogen) atoms. The van der Waals surface area contributed by atoms with Crippen molar-refractivity contribution in [3.8, 4) is 0 Å². The van der Waals surface area contributed by atoms with Crippen LogP contribution in [-0.4, -0.2) is 6.04 Å². The zero-order valence-corrected chi connectivity index (χ0v) is 12.9. The van der Waals surface area contributed by atoms with Gasteiger partial charge in [0.1, 0.15) is 0 Å². The number of nitrogens with two attached hydrogens (primary N) is 1. The van der Waals surface area contributed by atoms with E-state index >= 15 is 0 Å². The summed E-state index contributed by atoms with van der Waals surface area (Å²) in [6, 6.07) is 0.487. The molecule has 1 rings (SSSR count). The van der Waals surface area contributed by atoms with Crippen molar-refractivity contribution in [3.05, 3.63) is 6.92 Å². The van der Waals surface area contributed by atoms with E-state index in [-0.39, 0.29) is 31.1 Å². The molecule has 1 saturated carbocycles. The molecule has 1 aliphatic rings. The molecule has 1 nitrogen and oxygen atoms in total. The van der Waals surface area contributed by atoms with Crippen molar-refractivity contribution in [2.24, 2.45) is 17.6 Å². The summed E-state index contributed by atoms with van der Waals surface area (Å²) < 4.78 is 0. The van der Waals surface area contributed by atoms with Gasteiger partial charge >= 0.3 is 0 Å². The fraction of sp³-hybridized carbons (Fsp3) is 0.909. The van der Waals surface area contributed by atoms with Crippen LogP contribution in [0.4, 0.5) is 0 Å². The molecule has 0 aromatic rings. The van der Waals surface area contributed by atoms with Gasteiger partial charge in [0.2, 0.25) is 0 Å². The molecular formula is C11H22NU-. The third-order valence-electron chi connectivity index (χ3n) is 3.05. The van der Waals surface area contributed by atoms with E-state index in [1.54, 1.807) is 0 Å². The molecule has 0 bridgehead atoms. The molecule has 0 heterocycles. The largest absolute Gasteiger partial charge is 0.343 e. The van der Waals surface area contributed by atoms with Gasteiger partial charge in [-0.1, -0.05) is 32.1 Å². The van der Waals surface area contributed by atoms with Crippen LogP contribution in [0.3, 0.4) is 0 Å². The van der Waals surface area contributed by atoms with Gasteiger partial charge in [0.15, 0.2) is 0 Å². The Morgan fingerprint density at radius 2 is 2.15 bits per heavy atom. The first kappa shape index (κ1) is 14.0. The number of rotatable bonds is 3. The molecule has 2 unspecified atom stereocenters. The van der Waals surface area contributed by atoms with Gasteiger partial charge < -0.3 is 12.7 Å². The maximum Gasteiger partial charge on any atom is 0.00414 e. The minimum Gasteiger partial charge on any atom is -0.343 e. The van der Waals surface area contributed by atoms with Gasteiger partial charge in [0.25, 0.3) is 0 Å². The smallest absolute Gasteiger partial charge is 0.00414 e. The Labute approximate surface area is 107 Å². The molecule has 0 saturated heterocycles. The van der Waals surface area contributed by atoms with Crippen LogP contribution >= 0.6 is 0 Å². The van der Waals surface area contributed by atoms with Crippen molar-refractivity contribution in [1.29, 1.82) is 0 Å². The Bertz CT molecular complexity index is 127. The van der Waals surface area contributed by atoms with Crippen molar-refractivity contribution >= 4 is 0 Å². The quantitative estimate of drug-likeness (QED) is 0.717. The molecule has 0 radical (unpaired) electrons. The molecule has 0 aliphatic heterocycles. The van der Waals surface area contributed by atoms with Gasteiger partial charge in [0, 0.05) is 37.2 Å². The van der Waals surface area contributed by atoms with Crippen LogP contribution in [-0.2, 0) is 0 Å². The Kier molecular flexibility index (Phi) is 7.89. The van der Waals surface area contributed by atoms with Crippen molar-refractivity contribution in [3.63, 3.8) is 0 Å². The summed E-state index contributed by atoms with van der Waals surface area (Å²) >= 11 is 0. The molecule has 3 atom stereocenters. The van der Waals surface area contributed by atoms with Gasteiger partial charge in [-0.25, -0.2) is 0 Å². The zero-order chi connectivity index (χ0) is 8.97. The van der Waals surface area contributed by atoms with Crippen LogP contribution in [0.1, 0.15) is 45.4 Å². The summed E-state index contributed by atoms with van der Waals surface area (Å²) in [5.74, 6) is 1.69. The molecule has 0 aromatic carbocycles. The molecule has 2 heteroatoms. The van der Waals surface area contributed by atoms with Crippen LogP contribution in [0, 0.1) is 49.9 Å². The summed E-state index contributed by atoms with van der Waals surface area (Å²) in [5, 5.41) is 0. The van der Waals surface area contributed by atoms with Crippen LogP contribution in [0.5, 0.6) is 0 Å². The van der Waals surface area contributed by atoms with Crippen LogP contribution < -0.4 is 5.73 Å². The van der Waals surface area contributed by atoms with Gasteiger partial charge in [-0.05, 0) is 18.8 Å². The fourth-order valence-electron chi connectivity index (χ4n) is 2.23. The third-order valence-corrected chi connectivity index (χ3v) is 3.05. The first-order valence-corrected chi connectivity index (χ1v) is 5.27. The minimum absolute atomic E-state index is 0. The second-order valence-electron chi connectivity index (χ2n) is 4.42. The second kappa shape index (κ2) is 7.32. The summed E-state index contributed by atoms with van der Waals surface area (Å²) in [4.78, 5) is 0. The molecule has 0 spiro atoms. The first-order valence-electron chi connectivity index (χ1n) is 5.27. The molecule has 2 N–H and O–H groups in total. The van der Waals surface area contributed by atoms with Gasteiger partial charge in [0.05, 0.1) is 0 Å². The number of hydrogen-bond acceptors (Lipinski definition) is 1. The predicted octanol–water partition coefficient (Wildman–Crippen LogP) is 2.75. The van der Waals surface area contributed by atoms with Crippen molar-refractivity contribution < 1.29 is 31.1 Å². The maximum atomic E-state index is 5.93. The normalized spacial score (nSPS) is 30.7. The Morgan fingerprint density at radius 3 is 2.69 bits per heavy atom. The summed E-state index contributed by atoms with van der Waals surface area (Å²) in [7, 11) is 0. The van der Waals surface area contributed by atoms with E-state index < -0.39 is 0 Å². The van der Waals surface area contributed by atoms with Crippen LogP contribution in [0.25, 0.3) is 0 Å². The minimum atomic E-state index is 0. The summed E-state index contributed by atoms with van der Waals surface area (Å²) in [5.41, 5.74) is 5.93. The monoisotopic (exact) mass is 406 g/mol. The SMILES string of the molecule is [CH2-]C[C@H](C)CC1CCCC(N)C1.[U]. The standard InChI is InChI=1S/C11H22N.U/c1-3-9(2)7-10-5-4-6-11(12)8-10;/h9-11H,1,3-8,12H2,2H3;/q-1;/t9-,10?,11?;/m0./s1. The molecule has 0 amide bonds. The van der Waals surface area contributed by atoms with E-state index in [0.29, 0.717) is 6.04 Å². The Morgan fingerprint density at radius 1 is 1.46 bits per heavy atom. The maximum absolute atomic E-state index is 5.93. The van der Waals surface area contributed by atoms with E-state index in [1.807, 2.05) is 0 Å². The second-order valence-corrected chi connectivity index (χ2v) is 4.42. The third kappa shape index (κ3) is 5.45. The van der Waals surface area contributed by atoms with E-state index in [1.165, 1.54) is 32.1 Å². The molecule has 76 valence electrons. The van der Waals surface area contributed by atoms with Crippen molar-refractivity contribution in [1.82, 2.24) is 0 Å². The summed E-state index contributed by atoms with van der Waals surface area (Å²) in [6.07, 6.45) is 7.66. The van der Waals surface area contributed by atoms with Gasteiger partial charge in [-0.3, -0.25) is 0 Å². The van der Waals surface area contributed by atoms with Crippen LogP contribution in [0.15, 0.2) is 0 Å². The van der Waals surface area contributed by atoms with E-state index in [2.05, 4.69) is 13.8 Å². The predicted molar refractivity (Wildman–Crippen MR) is 53.7 cm³/mol. The Balaban J connectivity index is 0.00000144. The number of hydrogen-bond donors (Lipinski definition) is 1. The van der Waals surface area contributed by atoms with Crippen LogP contribution in [0.2, 0.25) is 0 Å². The molecular weight excluding hydrogens is 384 g/mol. The van der Waals surface area contributed by atoms with Crippen molar-refractivity contribution in [2.75, 3.05) is 0 Å². The van der Waals surface area contributed by atoms with E-state index in [0.717, 1.165) is 18.3 Å². The van der Waals surface area contributed by atoms with E-state index in [4.69, 9.17) is 5.73 Å². The molecule has 0 aromatic heterocycles. The van der Waals surface area contributed by atoms with Gasteiger partial charge in [-0.15, -0.1) is 0 Å². The van der Waals surface area contributed by atoms with Crippen molar-refractivity contribution in [2.45, 2.75) is 51.5 Å². The zero-order valence-electron chi connectivity index (χ0n) is 8.76. The topological polar surface area (TPSA) is 26.0 Å². The molecule has 1 fully saturated rings. The fourth-order valence-corrected chi connectivity index (χ4v) is 2.23. The average molecular weight is 406 g/mol. The molecule has 1 aliphatic carbocycles. The first-order chi connectivity index (χ1) is 5.72.